The number of hydrogen-bond acceptors (Lipinski definition) is 4. The van der Waals surface area contributed by atoms with Crippen LogP contribution < -0.4 is 10.1 Å². The summed E-state index contributed by atoms with van der Waals surface area (Å²) >= 11 is 0. The van der Waals surface area contributed by atoms with E-state index >= 15 is 0 Å². The van der Waals surface area contributed by atoms with Crippen molar-refractivity contribution in [1.29, 1.82) is 0 Å². The highest BCUT2D eigenvalue weighted by molar-refractivity contribution is 5.89. The standard InChI is InChI=1S/C26H31FN4O3/c1-3-10-28-25(33)31-16-26(14-30(15-26)12-17-4-6-18(27)7-5-17)23-20-9-8-19(34-2)11-21(20)29-24(23)22(31)13-32/h4-9,11,22,29,32H,3,10,12-16H2,1-2H3,(H,28,33)/t22-/m0/s1. The number of aliphatic hydroxyl groups is 1. The summed E-state index contributed by atoms with van der Waals surface area (Å²) in [5.41, 5.74) is 3.82. The highest BCUT2D eigenvalue weighted by Gasteiger charge is 2.53. The van der Waals surface area contributed by atoms with Crippen LogP contribution in [-0.2, 0) is 12.0 Å². The van der Waals surface area contributed by atoms with Crippen molar-refractivity contribution >= 4 is 16.9 Å². The molecule has 7 nitrogen and oxygen atoms in total. The first kappa shape index (κ1) is 22.7. The maximum Gasteiger partial charge on any atom is 0.318 e. The third-order valence-electron chi connectivity index (χ3n) is 7.08. The van der Waals surface area contributed by atoms with Crippen molar-refractivity contribution < 1.29 is 19.0 Å². The van der Waals surface area contributed by atoms with Crippen molar-refractivity contribution in [3.63, 3.8) is 0 Å². The number of nitrogens with zero attached hydrogens (tertiary/aromatic N) is 2. The van der Waals surface area contributed by atoms with Gasteiger partial charge in [-0.1, -0.05) is 19.1 Å². The van der Waals surface area contributed by atoms with E-state index in [4.69, 9.17) is 4.74 Å². The van der Waals surface area contributed by atoms with E-state index in [1.54, 1.807) is 12.0 Å². The number of ether oxygens (including phenoxy) is 1. The Kier molecular flexibility index (Phi) is 5.95. The second-order valence-corrected chi connectivity index (χ2v) is 9.44. The number of halogens is 1. The molecule has 5 rings (SSSR count). The molecule has 1 atom stereocenters. The molecule has 0 aliphatic carbocycles. The Bertz CT molecular complexity index is 1190. The van der Waals surface area contributed by atoms with E-state index in [-0.39, 0.29) is 23.9 Å². The summed E-state index contributed by atoms with van der Waals surface area (Å²) in [5.74, 6) is 0.517. The van der Waals surface area contributed by atoms with Crippen LogP contribution in [-0.4, -0.2) is 65.8 Å². The number of methoxy groups -OCH3 is 1. The number of fused-ring (bicyclic) bond motifs is 4. The number of aliphatic hydroxyl groups excluding tert-OH is 1. The Morgan fingerprint density at radius 3 is 2.68 bits per heavy atom. The minimum absolute atomic E-state index is 0.154. The molecule has 1 saturated heterocycles. The summed E-state index contributed by atoms with van der Waals surface area (Å²) in [6, 6.07) is 12.0. The average Bonchev–Trinajstić information content (AvgIpc) is 3.21. The minimum atomic E-state index is -0.443. The van der Waals surface area contributed by atoms with Gasteiger partial charge in [0.15, 0.2) is 0 Å². The topological polar surface area (TPSA) is 80.8 Å². The van der Waals surface area contributed by atoms with Crippen LogP contribution in [0.2, 0.25) is 0 Å². The number of H-pyrrole nitrogens is 1. The van der Waals surface area contributed by atoms with E-state index in [0.717, 1.165) is 54.0 Å². The Morgan fingerprint density at radius 1 is 1.24 bits per heavy atom. The number of aromatic amines is 1. The summed E-state index contributed by atoms with van der Waals surface area (Å²) < 4.78 is 18.7. The van der Waals surface area contributed by atoms with Gasteiger partial charge < -0.3 is 25.0 Å². The largest absolute Gasteiger partial charge is 0.497 e. The molecule has 0 unspecified atom stereocenters. The third kappa shape index (κ3) is 3.80. The first-order valence-corrected chi connectivity index (χ1v) is 11.8. The molecule has 2 aliphatic heterocycles. The summed E-state index contributed by atoms with van der Waals surface area (Å²) in [6.07, 6.45) is 0.845. The van der Waals surface area contributed by atoms with E-state index < -0.39 is 6.04 Å². The van der Waals surface area contributed by atoms with Gasteiger partial charge in [0.05, 0.1) is 19.8 Å². The molecule has 1 spiro atoms. The number of likely N-dealkylation sites (tertiary alicyclic amines) is 1. The Morgan fingerprint density at radius 2 is 2.00 bits per heavy atom. The van der Waals surface area contributed by atoms with Crippen LogP contribution in [0.3, 0.4) is 0 Å². The number of nitrogens with one attached hydrogen (secondary N) is 2. The minimum Gasteiger partial charge on any atom is -0.497 e. The lowest BCUT2D eigenvalue weighted by molar-refractivity contribution is 0.00643. The monoisotopic (exact) mass is 466 g/mol. The third-order valence-corrected chi connectivity index (χ3v) is 7.08. The van der Waals surface area contributed by atoms with E-state index in [9.17, 15) is 14.3 Å². The van der Waals surface area contributed by atoms with Crippen LogP contribution in [0, 0.1) is 5.82 Å². The molecule has 0 saturated carbocycles. The number of aromatic nitrogens is 1. The zero-order valence-corrected chi connectivity index (χ0v) is 19.6. The number of carbonyl (C=O) groups is 1. The Hall–Kier alpha value is -3.10. The van der Waals surface area contributed by atoms with Crippen molar-refractivity contribution in [3.05, 3.63) is 65.1 Å². The lowest BCUT2D eigenvalue weighted by Gasteiger charge is -2.56. The predicted molar refractivity (Wildman–Crippen MR) is 128 cm³/mol. The van der Waals surface area contributed by atoms with Crippen molar-refractivity contribution in [3.8, 4) is 5.75 Å². The fourth-order valence-electron chi connectivity index (χ4n) is 5.58. The van der Waals surface area contributed by atoms with Gasteiger partial charge in [-0.05, 0) is 41.8 Å². The molecule has 34 heavy (non-hydrogen) atoms. The van der Waals surface area contributed by atoms with Crippen molar-refractivity contribution in [2.45, 2.75) is 31.3 Å². The first-order valence-electron chi connectivity index (χ1n) is 11.8. The average molecular weight is 467 g/mol. The van der Waals surface area contributed by atoms with E-state index in [2.05, 4.69) is 21.3 Å². The van der Waals surface area contributed by atoms with Gasteiger partial charge in [0, 0.05) is 60.8 Å². The SMILES string of the molecule is CCCNC(=O)N1CC2(CN(Cc3ccc(F)cc3)C2)c2c([nH]c3cc(OC)ccc23)[C@@H]1CO. The van der Waals surface area contributed by atoms with E-state index in [1.165, 1.54) is 17.7 Å². The molecule has 1 aromatic heterocycles. The number of urea groups is 1. The summed E-state index contributed by atoms with van der Waals surface area (Å²) in [4.78, 5) is 20.7. The second kappa shape index (κ2) is 8.92. The Labute approximate surface area is 198 Å². The molecule has 0 bridgehead atoms. The van der Waals surface area contributed by atoms with Crippen LogP contribution in [0.15, 0.2) is 42.5 Å². The molecule has 2 aliphatic rings. The van der Waals surface area contributed by atoms with Crippen LogP contribution in [0.4, 0.5) is 9.18 Å². The molecule has 8 heteroatoms. The molecular formula is C26H31FN4O3. The summed E-state index contributed by atoms with van der Waals surface area (Å²) in [6.45, 7) is 5.24. The summed E-state index contributed by atoms with van der Waals surface area (Å²) in [7, 11) is 1.64. The smallest absolute Gasteiger partial charge is 0.318 e. The number of rotatable bonds is 6. The second-order valence-electron chi connectivity index (χ2n) is 9.44. The van der Waals surface area contributed by atoms with Gasteiger partial charge in [-0.3, -0.25) is 4.90 Å². The molecule has 1 fully saturated rings. The quantitative estimate of drug-likeness (QED) is 0.519. The van der Waals surface area contributed by atoms with Gasteiger partial charge in [-0.2, -0.15) is 0 Å². The molecule has 2 aromatic carbocycles. The highest BCUT2D eigenvalue weighted by Crippen LogP contribution is 2.48. The normalized spacial score (nSPS) is 19.2. The van der Waals surface area contributed by atoms with Crippen molar-refractivity contribution in [2.24, 2.45) is 0 Å². The van der Waals surface area contributed by atoms with Gasteiger partial charge in [-0.15, -0.1) is 0 Å². The number of amides is 2. The molecule has 0 radical (unpaired) electrons. The molecule has 2 amide bonds. The highest BCUT2D eigenvalue weighted by atomic mass is 19.1. The lowest BCUT2D eigenvalue weighted by atomic mass is 9.68. The molecule has 3 heterocycles. The van der Waals surface area contributed by atoms with E-state index in [0.29, 0.717) is 13.1 Å². The van der Waals surface area contributed by atoms with E-state index in [1.807, 2.05) is 31.2 Å². The molecule has 3 aromatic rings. The van der Waals surface area contributed by atoms with Gasteiger partial charge in [0.2, 0.25) is 0 Å². The van der Waals surface area contributed by atoms with Gasteiger partial charge in [-0.25, -0.2) is 9.18 Å². The zero-order chi connectivity index (χ0) is 23.9. The van der Waals surface area contributed by atoms with Crippen molar-refractivity contribution in [1.82, 2.24) is 20.1 Å². The van der Waals surface area contributed by atoms with Gasteiger partial charge in [0.1, 0.15) is 11.6 Å². The van der Waals surface area contributed by atoms with Gasteiger partial charge in [0.25, 0.3) is 0 Å². The maximum absolute atomic E-state index is 13.3. The molecular weight excluding hydrogens is 435 g/mol. The summed E-state index contributed by atoms with van der Waals surface area (Å²) in [5, 5.41) is 14.4. The van der Waals surface area contributed by atoms with Crippen LogP contribution in [0.1, 0.15) is 36.2 Å². The fraction of sp³-hybridized carbons (Fsp3) is 0.423. The van der Waals surface area contributed by atoms with Crippen LogP contribution >= 0.6 is 0 Å². The lowest BCUT2D eigenvalue weighted by Crippen LogP contribution is -2.67. The predicted octanol–water partition coefficient (Wildman–Crippen LogP) is 3.54. The molecule has 3 N–H and O–H groups in total. The first-order chi connectivity index (χ1) is 16.5. The fourth-order valence-corrected chi connectivity index (χ4v) is 5.58. The number of benzene rings is 2. The number of hydrogen-bond donors (Lipinski definition) is 3. The number of carbonyl (C=O) groups excluding carboxylic acids is 1. The van der Waals surface area contributed by atoms with Gasteiger partial charge >= 0.3 is 6.03 Å². The van der Waals surface area contributed by atoms with Crippen molar-refractivity contribution in [2.75, 3.05) is 39.9 Å². The molecule has 180 valence electrons. The Balaban J connectivity index is 1.51. The maximum atomic E-state index is 13.3. The zero-order valence-electron chi connectivity index (χ0n) is 19.6. The van der Waals surface area contributed by atoms with Crippen LogP contribution in [0.5, 0.6) is 5.75 Å². The van der Waals surface area contributed by atoms with Crippen LogP contribution in [0.25, 0.3) is 10.9 Å².